The van der Waals surface area contributed by atoms with Gasteiger partial charge in [0.1, 0.15) is 17.9 Å². The molecule has 2 N–H and O–H groups in total. The summed E-state index contributed by atoms with van der Waals surface area (Å²) in [6, 6.07) is 21.0. The lowest BCUT2D eigenvalue weighted by Gasteiger charge is -2.38. The highest BCUT2D eigenvalue weighted by atomic mass is 35.5. The first kappa shape index (κ1) is 40.4. The van der Waals surface area contributed by atoms with Crippen molar-refractivity contribution in [3.05, 3.63) is 117 Å². The number of rotatable bonds is 13. The maximum atomic E-state index is 14.4. The quantitative estimate of drug-likeness (QED) is 0.0871. The molecule has 1 atom stereocenters. The number of halogens is 2. The maximum absolute atomic E-state index is 14.4. The van der Waals surface area contributed by atoms with Crippen molar-refractivity contribution in [3.63, 3.8) is 0 Å². The molecule has 0 spiro atoms. The van der Waals surface area contributed by atoms with Crippen LogP contribution in [0.25, 0.3) is 21.8 Å². The number of aromatic nitrogens is 2. The molecule has 2 aliphatic rings. The van der Waals surface area contributed by atoms with Gasteiger partial charge in [-0.25, -0.2) is 0 Å². The number of anilines is 2. The number of fused-ring (bicyclic) bond motifs is 3. The summed E-state index contributed by atoms with van der Waals surface area (Å²) in [5, 5.41) is 15.5. The summed E-state index contributed by atoms with van der Waals surface area (Å²) in [6.07, 6.45) is 4.23. The lowest BCUT2D eigenvalue weighted by Crippen LogP contribution is -2.56. The normalized spacial score (nSPS) is 14.7. The van der Waals surface area contributed by atoms with Gasteiger partial charge >= 0.3 is 0 Å². The number of carbonyl (C=O) groups excluding carboxylic acids is 3. The highest BCUT2D eigenvalue weighted by Gasteiger charge is 2.44. The molecule has 0 aliphatic carbocycles. The van der Waals surface area contributed by atoms with E-state index in [9.17, 15) is 19.6 Å². The molecule has 0 radical (unpaired) electrons. The molecule has 306 valence electrons. The monoisotopic (exact) mass is 845 g/mol. The number of aromatic amines is 1. The molecule has 1 fully saturated rings. The minimum absolute atomic E-state index is 0.196. The molecule has 2 aromatic heterocycles. The number of aryl methyl sites for hydroxylation is 1. The molecule has 1 unspecified atom stereocenters. The summed E-state index contributed by atoms with van der Waals surface area (Å²) in [4.78, 5) is 55.0. The molecule has 8 rings (SSSR count). The Hall–Kier alpha value is -6.33. The van der Waals surface area contributed by atoms with Crippen molar-refractivity contribution in [1.29, 1.82) is 5.26 Å². The molecule has 0 bridgehead atoms. The zero-order valence-corrected chi connectivity index (χ0v) is 34.7. The number of para-hydroxylation sites is 1. The number of carbonyl (C=O) groups is 3. The summed E-state index contributed by atoms with van der Waals surface area (Å²) in [5.41, 5.74) is 5.16. The van der Waals surface area contributed by atoms with Gasteiger partial charge in [0.05, 0.1) is 64.5 Å². The molecular formula is C45H41Cl2N7O6. The standard InChI is InChI=1S/C45H41Cl2N7O6/c1-26-9-10-30-31(17-26)44(56)54(43(30)55)38(18-27-24-49-35-8-5-4-7-29(27)35)45(57)53-14-12-52(13-15-53)11-6-16-60-41-21-36-32(19-40(41)59-3)42(28(23-48)25-50-36)51-37-22-39(58-2)34(47)20-33(37)46/h4-5,7-10,17,19-22,24-25,38,49H,6,11-16,18H2,1-3H3,(H,50,51). The van der Waals surface area contributed by atoms with Gasteiger partial charge in [-0.05, 0) is 49.2 Å². The predicted octanol–water partition coefficient (Wildman–Crippen LogP) is 7.78. The molecule has 4 aromatic carbocycles. The Morgan fingerprint density at radius 2 is 1.68 bits per heavy atom. The molecule has 6 aromatic rings. The Bertz CT molecular complexity index is 2710. The number of nitriles is 1. The maximum Gasteiger partial charge on any atom is 0.262 e. The summed E-state index contributed by atoms with van der Waals surface area (Å²) in [7, 11) is 3.05. The van der Waals surface area contributed by atoms with Crippen molar-refractivity contribution in [3.8, 4) is 23.3 Å². The molecule has 15 heteroatoms. The van der Waals surface area contributed by atoms with Gasteiger partial charge in [0.15, 0.2) is 11.5 Å². The molecule has 2 aliphatic heterocycles. The lowest BCUT2D eigenvalue weighted by molar-refractivity contribution is -0.137. The van der Waals surface area contributed by atoms with Crippen LogP contribution in [0.3, 0.4) is 0 Å². The van der Waals surface area contributed by atoms with Gasteiger partial charge in [-0.15, -0.1) is 0 Å². The van der Waals surface area contributed by atoms with Crippen molar-refractivity contribution in [2.45, 2.75) is 25.8 Å². The number of piperazine rings is 1. The summed E-state index contributed by atoms with van der Waals surface area (Å²) in [6.45, 7) is 5.12. The van der Waals surface area contributed by atoms with Gasteiger partial charge < -0.3 is 29.4 Å². The molecule has 3 amide bonds. The predicted molar refractivity (Wildman–Crippen MR) is 230 cm³/mol. The molecule has 13 nitrogen and oxygen atoms in total. The fourth-order valence-electron chi connectivity index (χ4n) is 7.93. The second-order valence-corrected chi connectivity index (χ2v) is 15.6. The van der Waals surface area contributed by atoms with Crippen LogP contribution in [-0.2, 0) is 11.2 Å². The van der Waals surface area contributed by atoms with Crippen LogP contribution < -0.4 is 19.5 Å². The number of pyridine rings is 1. The summed E-state index contributed by atoms with van der Waals surface area (Å²) in [5.74, 6) is 0.248. The van der Waals surface area contributed by atoms with Crippen molar-refractivity contribution in [2.75, 3.05) is 58.9 Å². The topological polar surface area (TPSA) is 153 Å². The van der Waals surface area contributed by atoms with Crippen LogP contribution in [0.4, 0.5) is 11.4 Å². The third-order valence-electron chi connectivity index (χ3n) is 11.1. The summed E-state index contributed by atoms with van der Waals surface area (Å²) < 4.78 is 17.3. The lowest BCUT2D eigenvalue weighted by atomic mass is 10.0. The van der Waals surface area contributed by atoms with Crippen LogP contribution in [0.2, 0.25) is 10.0 Å². The first-order valence-electron chi connectivity index (χ1n) is 19.5. The van der Waals surface area contributed by atoms with Gasteiger partial charge in [-0.1, -0.05) is 53.0 Å². The Morgan fingerprint density at radius 3 is 2.45 bits per heavy atom. The molecule has 1 saturated heterocycles. The van der Waals surface area contributed by atoms with Gasteiger partial charge in [0, 0.05) is 80.0 Å². The fraction of sp³-hybridized carbons (Fsp3) is 0.267. The minimum atomic E-state index is -1.000. The Labute approximate surface area is 356 Å². The number of H-pyrrole nitrogens is 1. The van der Waals surface area contributed by atoms with Gasteiger partial charge in [0.25, 0.3) is 11.8 Å². The van der Waals surface area contributed by atoms with Crippen LogP contribution in [0, 0.1) is 18.3 Å². The second kappa shape index (κ2) is 17.1. The number of nitrogens with zero attached hydrogens (tertiary/aromatic N) is 5. The third-order valence-corrected chi connectivity index (χ3v) is 11.7. The largest absolute Gasteiger partial charge is 0.495 e. The SMILES string of the molecule is COc1cc(Nc2c(C#N)cnc3cc(OCCCN4CCN(C(=O)C(Cc5c[nH]c6ccccc56)N5C(=O)c6ccc(C)cc6C5=O)CC4)c(OC)cc23)c(Cl)cc1Cl. The minimum Gasteiger partial charge on any atom is -0.495 e. The van der Waals surface area contributed by atoms with Crippen LogP contribution in [-0.4, -0.2) is 102 Å². The molecular weight excluding hydrogens is 805 g/mol. The van der Waals surface area contributed by atoms with E-state index >= 15 is 0 Å². The van der Waals surface area contributed by atoms with Crippen LogP contribution in [0.5, 0.6) is 17.2 Å². The number of hydrogen-bond acceptors (Lipinski definition) is 10. The number of amides is 3. The van der Waals surface area contributed by atoms with E-state index in [0.717, 1.165) is 28.6 Å². The van der Waals surface area contributed by atoms with E-state index in [2.05, 4.69) is 26.3 Å². The zero-order chi connectivity index (χ0) is 42.1. The fourth-order valence-corrected chi connectivity index (χ4v) is 8.44. The Kier molecular flexibility index (Phi) is 11.5. The van der Waals surface area contributed by atoms with Crippen molar-refractivity contribution in [1.82, 2.24) is 24.7 Å². The zero-order valence-electron chi connectivity index (χ0n) is 33.2. The van der Waals surface area contributed by atoms with Crippen molar-refractivity contribution in [2.24, 2.45) is 0 Å². The number of methoxy groups -OCH3 is 2. The van der Waals surface area contributed by atoms with Crippen LogP contribution >= 0.6 is 23.2 Å². The van der Waals surface area contributed by atoms with Crippen molar-refractivity contribution >= 4 is 74.1 Å². The number of hydrogen-bond donors (Lipinski definition) is 2. The number of nitrogens with one attached hydrogen (secondary N) is 2. The van der Waals surface area contributed by atoms with E-state index in [1.165, 1.54) is 18.2 Å². The van der Waals surface area contributed by atoms with Gasteiger partial charge in [0.2, 0.25) is 5.91 Å². The van der Waals surface area contributed by atoms with E-state index in [-0.39, 0.29) is 12.3 Å². The van der Waals surface area contributed by atoms with Crippen molar-refractivity contribution < 1.29 is 28.6 Å². The highest BCUT2D eigenvalue weighted by Crippen LogP contribution is 2.40. The number of ether oxygens (including phenoxy) is 3. The first-order valence-corrected chi connectivity index (χ1v) is 20.2. The van der Waals surface area contributed by atoms with E-state index in [4.69, 9.17) is 37.4 Å². The summed E-state index contributed by atoms with van der Waals surface area (Å²) >= 11 is 12.7. The third kappa shape index (κ3) is 7.77. The van der Waals surface area contributed by atoms with E-state index in [0.29, 0.717) is 105 Å². The first-order chi connectivity index (χ1) is 29.1. The van der Waals surface area contributed by atoms with Gasteiger partial charge in [-0.2, -0.15) is 5.26 Å². The van der Waals surface area contributed by atoms with Crippen LogP contribution in [0.1, 0.15) is 43.8 Å². The Morgan fingerprint density at radius 1 is 0.917 bits per heavy atom. The highest BCUT2D eigenvalue weighted by molar-refractivity contribution is 6.37. The smallest absolute Gasteiger partial charge is 0.262 e. The Balaban J connectivity index is 0.918. The molecule has 4 heterocycles. The average molecular weight is 847 g/mol. The van der Waals surface area contributed by atoms with E-state index < -0.39 is 17.9 Å². The molecule has 60 heavy (non-hydrogen) atoms. The van der Waals surface area contributed by atoms with E-state index in [1.807, 2.05) is 43.5 Å². The van der Waals surface area contributed by atoms with Crippen LogP contribution in [0.15, 0.2) is 79.1 Å². The van der Waals surface area contributed by atoms with E-state index in [1.54, 1.807) is 48.4 Å². The number of imide groups is 1. The average Bonchev–Trinajstić information content (AvgIpc) is 3.78. The molecule has 0 saturated carbocycles. The number of benzene rings is 4. The second-order valence-electron chi connectivity index (χ2n) is 14.7. The van der Waals surface area contributed by atoms with Gasteiger partial charge in [-0.3, -0.25) is 29.2 Å².